The van der Waals surface area contributed by atoms with Gasteiger partial charge in [0.1, 0.15) is 0 Å². The van der Waals surface area contributed by atoms with E-state index in [0.717, 1.165) is 11.3 Å². The Labute approximate surface area is 157 Å². The van der Waals surface area contributed by atoms with E-state index in [-0.39, 0.29) is 18.0 Å². The highest BCUT2D eigenvalue weighted by atomic mass is 32.2. The molecular weight excluding hydrogens is 374 g/mol. The third kappa shape index (κ3) is 3.25. The van der Waals surface area contributed by atoms with E-state index in [1.165, 1.54) is 23.1 Å². The van der Waals surface area contributed by atoms with Crippen LogP contribution in [0.25, 0.3) is 11.4 Å². The van der Waals surface area contributed by atoms with Crippen LogP contribution in [-0.2, 0) is 11.8 Å². The van der Waals surface area contributed by atoms with Crippen molar-refractivity contribution < 1.29 is 14.3 Å². The lowest BCUT2D eigenvalue weighted by atomic mass is 10.2. The molecule has 3 aromatic rings. The van der Waals surface area contributed by atoms with Crippen LogP contribution in [0.3, 0.4) is 0 Å². The van der Waals surface area contributed by atoms with Crippen LogP contribution in [0.15, 0.2) is 34.9 Å². The van der Waals surface area contributed by atoms with Crippen molar-refractivity contribution in [1.29, 1.82) is 0 Å². The number of hydrogen-bond donors (Lipinski definition) is 1. The molecule has 134 valence electrons. The number of thiazole rings is 1. The van der Waals surface area contributed by atoms with Crippen LogP contribution in [0, 0.1) is 0 Å². The van der Waals surface area contributed by atoms with Crippen molar-refractivity contribution in [2.24, 2.45) is 7.05 Å². The molecule has 3 heterocycles. The molecule has 10 heteroatoms. The van der Waals surface area contributed by atoms with Crippen LogP contribution >= 0.6 is 23.1 Å². The summed E-state index contributed by atoms with van der Waals surface area (Å²) in [5.74, 6) is 1.98. The maximum absolute atomic E-state index is 12.3. The van der Waals surface area contributed by atoms with E-state index < -0.39 is 0 Å². The van der Waals surface area contributed by atoms with Gasteiger partial charge in [0.15, 0.2) is 27.6 Å². The number of carbonyl (C=O) groups is 1. The Morgan fingerprint density at radius 3 is 3.00 bits per heavy atom. The number of benzene rings is 1. The number of nitrogens with one attached hydrogen (secondary N) is 1. The standard InChI is InChI=1S/C16H15N5O3S2/c1-9(14(22)18-15-17-5-6-25-15)26-16-20-19-13(21(16)2)10-3-4-11-12(7-10)24-8-23-11/h3-7,9H,8H2,1-2H3,(H,17,18,22)/t9-/m1/s1. The highest BCUT2D eigenvalue weighted by Gasteiger charge is 2.21. The molecule has 0 aliphatic carbocycles. The normalized spacial score (nSPS) is 13.6. The molecule has 8 nitrogen and oxygen atoms in total. The summed E-state index contributed by atoms with van der Waals surface area (Å²) < 4.78 is 12.6. The van der Waals surface area contributed by atoms with E-state index in [2.05, 4.69) is 20.5 Å². The van der Waals surface area contributed by atoms with Gasteiger partial charge in [-0.2, -0.15) is 0 Å². The number of hydrogen-bond acceptors (Lipinski definition) is 8. The first kappa shape index (κ1) is 16.9. The second-order valence-corrected chi connectivity index (χ2v) is 7.72. The van der Waals surface area contributed by atoms with Gasteiger partial charge >= 0.3 is 0 Å². The van der Waals surface area contributed by atoms with Gasteiger partial charge in [-0.25, -0.2) is 4.98 Å². The van der Waals surface area contributed by atoms with Gasteiger partial charge in [0.05, 0.1) is 5.25 Å². The van der Waals surface area contributed by atoms with Gasteiger partial charge in [0, 0.05) is 24.2 Å². The van der Waals surface area contributed by atoms with Crippen molar-refractivity contribution >= 4 is 34.1 Å². The maximum Gasteiger partial charge on any atom is 0.239 e. The third-order valence-corrected chi connectivity index (χ3v) is 5.60. The Kier molecular flexibility index (Phi) is 4.51. The number of thioether (sulfide) groups is 1. The molecule has 0 unspecified atom stereocenters. The SMILES string of the molecule is C[C@@H](Sc1nnc(-c2ccc3c(c2)OCO3)n1C)C(=O)Nc1nccs1. The first-order chi connectivity index (χ1) is 12.6. The largest absolute Gasteiger partial charge is 0.454 e. The van der Waals surface area contributed by atoms with Crippen LogP contribution in [0.5, 0.6) is 11.5 Å². The minimum absolute atomic E-state index is 0.127. The molecule has 4 rings (SSSR count). The molecule has 0 bridgehead atoms. The highest BCUT2D eigenvalue weighted by molar-refractivity contribution is 8.00. The molecule has 1 aliphatic rings. The minimum Gasteiger partial charge on any atom is -0.454 e. The number of fused-ring (bicyclic) bond motifs is 1. The molecule has 2 aromatic heterocycles. The van der Waals surface area contributed by atoms with Crippen molar-refractivity contribution in [2.45, 2.75) is 17.3 Å². The van der Waals surface area contributed by atoms with Crippen molar-refractivity contribution in [1.82, 2.24) is 19.7 Å². The lowest BCUT2D eigenvalue weighted by Crippen LogP contribution is -2.22. The van der Waals surface area contributed by atoms with Crippen LogP contribution in [-0.4, -0.2) is 37.7 Å². The Morgan fingerprint density at radius 1 is 1.35 bits per heavy atom. The highest BCUT2D eigenvalue weighted by Crippen LogP contribution is 2.36. The first-order valence-electron chi connectivity index (χ1n) is 7.78. The molecule has 0 fully saturated rings. The molecule has 1 aromatic carbocycles. The second-order valence-electron chi connectivity index (χ2n) is 5.52. The predicted molar refractivity (Wildman–Crippen MR) is 98.6 cm³/mol. The van der Waals surface area contributed by atoms with Gasteiger partial charge in [-0.05, 0) is 25.1 Å². The molecule has 0 saturated carbocycles. The Bertz CT molecular complexity index is 942. The number of carbonyl (C=O) groups excluding carboxylic acids is 1. The Balaban J connectivity index is 1.49. The maximum atomic E-state index is 12.3. The third-order valence-electron chi connectivity index (χ3n) is 3.78. The monoisotopic (exact) mass is 389 g/mol. The van der Waals surface area contributed by atoms with Gasteiger partial charge in [0.25, 0.3) is 0 Å². The van der Waals surface area contributed by atoms with Gasteiger partial charge in [0.2, 0.25) is 12.7 Å². The number of ether oxygens (including phenoxy) is 2. The summed E-state index contributed by atoms with van der Waals surface area (Å²) in [5.41, 5.74) is 0.871. The quantitative estimate of drug-likeness (QED) is 0.671. The predicted octanol–water partition coefficient (Wildman–Crippen LogP) is 2.79. The molecular formula is C16H15N5O3S2. The summed E-state index contributed by atoms with van der Waals surface area (Å²) in [5, 5.41) is 14.0. The van der Waals surface area contributed by atoms with Crippen molar-refractivity contribution in [2.75, 3.05) is 12.1 Å². The minimum atomic E-state index is -0.341. The summed E-state index contributed by atoms with van der Waals surface area (Å²) in [7, 11) is 1.87. The van der Waals surface area contributed by atoms with Crippen LogP contribution in [0.4, 0.5) is 5.13 Å². The number of nitrogens with zero attached hydrogens (tertiary/aromatic N) is 4. The zero-order valence-electron chi connectivity index (χ0n) is 14.0. The molecule has 26 heavy (non-hydrogen) atoms. The zero-order chi connectivity index (χ0) is 18.1. The van der Waals surface area contributed by atoms with Crippen molar-refractivity contribution in [3.8, 4) is 22.9 Å². The van der Waals surface area contributed by atoms with Crippen LogP contribution in [0.1, 0.15) is 6.92 Å². The van der Waals surface area contributed by atoms with Crippen molar-refractivity contribution in [3.63, 3.8) is 0 Å². The van der Waals surface area contributed by atoms with Gasteiger partial charge in [-0.15, -0.1) is 21.5 Å². The number of anilines is 1. The van der Waals surface area contributed by atoms with E-state index in [1.54, 1.807) is 6.20 Å². The Morgan fingerprint density at radius 2 is 2.19 bits per heavy atom. The summed E-state index contributed by atoms with van der Waals surface area (Å²) in [6.07, 6.45) is 1.65. The molecule has 0 spiro atoms. The lowest BCUT2D eigenvalue weighted by molar-refractivity contribution is -0.115. The summed E-state index contributed by atoms with van der Waals surface area (Å²) in [6, 6.07) is 5.63. The fraction of sp³-hybridized carbons (Fsp3) is 0.250. The van der Waals surface area contributed by atoms with Gasteiger partial charge < -0.3 is 19.4 Å². The fourth-order valence-corrected chi connectivity index (χ4v) is 3.75. The summed E-state index contributed by atoms with van der Waals surface area (Å²) in [6.45, 7) is 2.05. The van der Waals surface area contributed by atoms with E-state index in [0.29, 0.717) is 21.9 Å². The fourth-order valence-electron chi connectivity index (χ4n) is 2.41. The van der Waals surface area contributed by atoms with Crippen LogP contribution in [0.2, 0.25) is 0 Å². The molecule has 1 aliphatic heterocycles. The molecule has 1 atom stereocenters. The zero-order valence-corrected chi connectivity index (χ0v) is 15.6. The molecule has 0 radical (unpaired) electrons. The van der Waals surface area contributed by atoms with Crippen molar-refractivity contribution in [3.05, 3.63) is 29.8 Å². The smallest absolute Gasteiger partial charge is 0.239 e. The van der Waals surface area contributed by atoms with E-state index >= 15 is 0 Å². The van der Waals surface area contributed by atoms with E-state index in [9.17, 15) is 4.79 Å². The number of rotatable bonds is 5. The van der Waals surface area contributed by atoms with Gasteiger partial charge in [-0.1, -0.05) is 11.8 Å². The molecule has 0 saturated heterocycles. The first-order valence-corrected chi connectivity index (χ1v) is 9.54. The second kappa shape index (κ2) is 6.96. The summed E-state index contributed by atoms with van der Waals surface area (Å²) >= 11 is 2.72. The van der Waals surface area contributed by atoms with E-state index in [1.807, 2.05) is 42.1 Å². The summed E-state index contributed by atoms with van der Waals surface area (Å²) in [4.78, 5) is 16.3. The van der Waals surface area contributed by atoms with Crippen LogP contribution < -0.4 is 14.8 Å². The average Bonchev–Trinajstić information content (AvgIpc) is 3.36. The van der Waals surface area contributed by atoms with E-state index in [4.69, 9.17) is 9.47 Å². The molecule has 1 amide bonds. The average molecular weight is 389 g/mol. The Hall–Kier alpha value is -2.59. The number of amides is 1. The topological polar surface area (TPSA) is 91.2 Å². The number of aromatic nitrogens is 4. The van der Waals surface area contributed by atoms with Gasteiger partial charge in [-0.3, -0.25) is 4.79 Å². The lowest BCUT2D eigenvalue weighted by Gasteiger charge is -2.10. The molecule has 1 N–H and O–H groups in total.